The average molecular weight is 375 g/mol. The van der Waals surface area contributed by atoms with Gasteiger partial charge in [0, 0.05) is 23.5 Å². The standard InChI is InChI=1S/C14H17BCl2N2O5/c1-3-14(21)19(2)8-12(20)18-13(24-15(22)23)6-9-4-5-10(16)7-11(9)17/h3-5,7,13,22-23H,1,6,8H2,2H3,(H,18,20)/t13-/m1/s1. The van der Waals surface area contributed by atoms with E-state index in [1.165, 1.54) is 13.1 Å². The molecule has 0 saturated carbocycles. The fourth-order valence-electron chi connectivity index (χ4n) is 1.84. The fourth-order valence-corrected chi connectivity index (χ4v) is 2.33. The van der Waals surface area contributed by atoms with Crippen LogP contribution < -0.4 is 5.32 Å². The zero-order valence-electron chi connectivity index (χ0n) is 12.9. The summed E-state index contributed by atoms with van der Waals surface area (Å²) in [5, 5.41) is 21.2. The van der Waals surface area contributed by atoms with Crippen molar-refractivity contribution in [3.8, 4) is 0 Å². The van der Waals surface area contributed by atoms with Crippen LogP contribution in [0.4, 0.5) is 0 Å². The summed E-state index contributed by atoms with van der Waals surface area (Å²) in [5.74, 6) is -0.978. The van der Waals surface area contributed by atoms with Crippen LogP contribution in [0.2, 0.25) is 10.0 Å². The Morgan fingerprint density at radius 3 is 2.67 bits per heavy atom. The summed E-state index contributed by atoms with van der Waals surface area (Å²) in [7, 11) is -0.662. The maximum Gasteiger partial charge on any atom is 0.635 e. The SMILES string of the molecule is C=CC(=O)N(C)CC(=O)N[C@@H](Cc1ccc(Cl)cc1Cl)OB(O)O. The van der Waals surface area contributed by atoms with Gasteiger partial charge in [0.15, 0.2) is 0 Å². The number of likely N-dealkylation sites (N-methyl/N-ethyl adjacent to an activating group) is 1. The lowest BCUT2D eigenvalue weighted by molar-refractivity contribution is -0.132. The van der Waals surface area contributed by atoms with E-state index in [0.717, 1.165) is 11.0 Å². The van der Waals surface area contributed by atoms with E-state index >= 15 is 0 Å². The molecule has 0 fully saturated rings. The number of carbonyl (C=O) groups is 2. The first-order valence-corrected chi connectivity index (χ1v) is 7.61. The van der Waals surface area contributed by atoms with Gasteiger partial charge in [-0.3, -0.25) is 9.59 Å². The van der Waals surface area contributed by atoms with Crippen molar-refractivity contribution >= 4 is 42.3 Å². The molecular formula is C14H17BCl2N2O5. The molecule has 3 N–H and O–H groups in total. The molecule has 0 radical (unpaired) electrons. The Hall–Kier alpha value is -1.58. The highest BCUT2D eigenvalue weighted by Crippen LogP contribution is 2.22. The summed E-state index contributed by atoms with van der Waals surface area (Å²) in [6, 6.07) is 4.75. The van der Waals surface area contributed by atoms with E-state index < -0.39 is 25.4 Å². The minimum Gasteiger partial charge on any atom is -0.402 e. The predicted molar refractivity (Wildman–Crippen MR) is 91.2 cm³/mol. The maximum atomic E-state index is 12.0. The number of nitrogens with one attached hydrogen (secondary N) is 1. The molecule has 0 spiro atoms. The van der Waals surface area contributed by atoms with Gasteiger partial charge in [-0.15, -0.1) is 0 Å². The lowest BCUT2D eigenvalue weighted by Gasteiger charge is -2.22. The largest absolute Gasteiger partial charge is 0.635 e. The molecule has 0 aliphatic heterocycles. The van der Waals surface area contributed by atoms with Crippen LogP contribution in [-0.2, 0) is 20.7 Å². The van der Waals surface area contributed by atoms with Crippen molar-refractivity contribution in [1.82, 2.24) is 10.2 Å². The third-order valence-electron chi connectivity index (χ3n) is 2.96. The highest BCUT2D eigenvalue weighted by molar-refractivity contribution is 6.35. The van der Waals surface area contributed by atoms with Crippen molar-refractivity contribution in [3.63, 3.8) is 0 Å². The van der Waals surface area contributed by atoms with Crippen LogP contribution in [0.15, 0.2) is 30.9 Å². The average Bonchev–Trinajstić information content (AvgIpc) is 2.48. The van der Waals surface area contributed by atoms with Crippen LogP contribution in [0.1, 0.15) is 5.56 Å². The molecular weight excluding hydrogens is 358 g/mol. The Kier molecular flexibility index (Phi) is 8.24. The Labute approximate surface area is 150 Å². The smallest absolute Gasteiger partial charge is 0.402 e. The van der Waals surface area contributed by atoms with Crippen molar-refractivity contribution in [2.45, 2.75) is 12.6 Å². The Morgan fingerprint density at radius 2 is 2.12 bits per heavy atom. The zero-order chi connectivity index (χ0) is 18.3. The van der Waals surface area contributed by atoms with E-state index in [-0.39, 0.29) is 13.0 Å². The van der Waals surface area contributed by atoms with E-state index in [4.69, 9.17) is 37.9 Å². The van der Waals surface area contributed by atoms with Crippen LogP contribution in [0, 0.1) is 0 Å². The van der Waals surface area contributed by atoms with Crippen molar-refractivity contribution < 1.29 is 24.3 Å². The molecule has 1 aromatic rings. The van der Waals surface area contributed by atoms with Gasteiger partial charge in [0.25, 0.3) is 0 Å². The molecule has 0 saturated heterocycles. The van der Waals surface area contributed by atoms with Gasteiger partial charge < -0.3 is 24.9 Å². The normalized spacial score (nSPS) is 11.5. The minimum atomic E-state index is -2.09. The van der Waals surface area contributed by atoms with Gasteiger partial charge in [0.1, 0.15) is 6.23 Å². The lowest BCUT2D eigenvalue weighted by Crippen LogP contribution is -2.46. The lowest BCUT2D eigenvalue weighted by atomic mass is 10.1. The number of benzene rings is 1. The predicted octanol–water partition coefficient (Wildman–Crippen LogP) is 0.609. The molecule has 10 heteroatoms. The number of nitrogens with zero attached hydrogens (tertiary/aromatic N) is 1. The molecule has 1 atom stereocenters. The fraction of sp³-hybridized carbons (Fsp3) is 0.286. The van der Waals surface area contributed by atoms with Gasteiger partial charge in [-0.1, -0.05) is 35.8 Å². The number of hydrogen-bond donors (Lipinski definition) is 3. The van der Waals surface area contributed by atoms with Crippen molar-refractivity contribution in [2.75, 3.05) is 13.6 Å². The van der Waals surface area contributed by atoms with Crippen LogP contribution in [0.5, 0.6) is 0 Å². The summed E-state index contributed by atoms with van der Waals surface area (Å²) < 4.78 is 4.84. The van der Waals surface area contributed by atoms with Crippen LogP contribution in [0.3, 0.4) is 0 Å². The molecule has 1 rings (SSSR count). The minimum absolute atomic E-state index is 0.0679. The van der Waals surface area contributed by atoms with Crippen LogP contribution in [-0.4, -0.2) is 53.9 Å². The summed E-state index contributed by atoms with van der Waals surface area (Å²) in [6.07, 6.45) is 0.0773. The summed E-state index contributed by atoms with van der Waals surface area (Å²) in [4.78, 5) is 24.5. The third-order valence-corrected chi connectivity index (χ3v) is 3.55. The van der Waals surface area contributed by atoms with Gasteiger partial charge in [0.05, 0.1) is 6.54 Å². The number of rotatable bonds is 8. The molecule has 0 aliphatic carbocycles. The van der Waals surface area contributed by atoms with Gasteiger partial charge in [0.2, 0.25) is 11.8 Å². The molecule has 0 heterocycles. The van der Waals surface area contributed by atoms with Crippen molar-refractivity contribution in [3.05, 3.63) is 46.5 Å². The third kappa shape index (κ3) is 6.90. The van der Waals surface area contributed by atoms with Gasteiger partial charge in [-0.25, -0.2) is 0 Å². The second-order valence-electron chi connectivity index (χ2n) is 4.86. The van der Waals surface area contributed by atoms with Crippen LogP contribution in [0.25, 0.3) is 0 Å². The van der Waals surface area contributed by atoms with E-state index in [9.17, 15) is 9.59 Å². The van der Waals surface area contributed by atoms with Gasteiger partial charge >= 0.3 is 7.32 Å². The number of carbonyl (C=O) groups excluding carboxylic acids is 2. The zero-order valence-corrected chi connectivity index (χ0v) is 14.4. The summed E-state index contributed by atoms with van der Waals surface area (Å²) in [6.45, 7) is 3.07. The molecule has 0 aromatic heterocycles. The first-order chi connectivity index (χ1) is 11.2. The Balaban J connectivity index is 2.76. The molecule has 130 valence electrons. The first-order valence-electron chi connectivity index (χ1n) is 6.85. The quantitative estimate of drug-likeness (QED) is 0.351. The van der Waals surface area contributed by atoms with E-state index in [2.05, 4.69) is 11.9 Å². The topological polar surface area (TPSA) is 99.1 Å². The van der Waals surface area contributed by atoms with Crippen LogP contribution >= 0.6 is 23.2 Å². The van der Waals surface area contributed by atoms with Gasteiger partial charge in [-0.2, -0.15) is 0 Å². The number of halogens is 2. The summed E-state index contributed by atoms with van der Waals surface area (Å²) >= 11 is 11.9. The highest BCUT2D eigenvalue weighted by atomic mass is 35.5. The van der Waals surface area contributed by atoms with Gasteiger partial charge in [-0.05, 0) is 23.8 Å². The Morgan fingerprint density at radius 1 is 1.46 bits per heavy atom. The number of hydrogen-bond acceptors (Lipinski definition) is 5. The molecule has 0 bridgehead atoms. The highest BCUT2D eigenvalue weighted by Gasteiger charge is 2.22. The second-order valence-corrected chi connectivity index (χ2v) is 5.70. The Bertz CT molecular complexity index is 615. The summed E-state index contributed by atoms with van der Waals surface area (Å²) in [5.41, 5.74) is 0.586. The molecule has 1 aromatic carbocycles. The van der Waals surface area contributed by atoms with E-state index in [1.54, 1.807) is 12.1 Å². The van der Waals surface area contributed by atoms with E-state index in [1.807, 2.05) is 0 Å². The van der Waals surface area contributed by atoms with Crippen molar-refractivity contribution in [1.29, 1.82) is 0 Å². The van der Waals surface area contributed by atoms with E-state index in [0.29, 0.717) is 15.6 Å². The monoisotopic (exact) mass is 374 g/mol. The second kappa shape index (κ2) is 9.66. The van der Waals surface area contributed by atoms with Crippen molar-refractivity contribution in [2.24, 2.45) is 0 Å². The molecule has 7 nitrogen and oxygen atoms in total. The first kappa shape index (κ1) is 20.5. The number of amides is 2. The molecule has 0 unspecified atom stereocenters. The molecule has 2 amide bonds. The maximum absolute atomic E-state index is 12.0. The molecule has 0 aliphatic rings. The molecule has 24 heavy (non-hydrogen) atoms.